The lowest BCUT2D eigenvalue weighted by atomic mass is 10.2. The van der Waals surface area contributed by atoms with E-state index in [4.69, 9.17) is 15.9 Å². The summed E-state index contributed by atoms with van der Waals surface area (Å²) in [5.74, 6) is 0.239. The van der Waals surface area contributed by atoms with Crippen molar-refractivity contribution < 1.29 is 15.0 Å². The smallest absolute Gasteiger partial charge is 0.326 e. The molecule has 2 rings (SSSR count). The second-order valence-electron chi connectivity index (χ2n) is 4.45. The number of anilines is 3. The van der Waals surface area contributed by atoms with Crippen LogP contribution in [0, 0.1) is 0 Å². The number of carboxylic acids is 1. The van der Waals surface area contributed by atoms with Gasteiger partial charge in [-0.25, -0.2) is 9.78 Å². The van der Waals surface area contributed by atoms with Crippen molar-refractivity contribution in [2.45, 2.75) is 18.9 Å². The number of aliphatic carboxylic acids is 1. The molecule has 7 nitrogen and oxygen atoms in total. The first-order valence-corrected chi connectivity index (χ1v) is 6.24. The quantitative estimate of drug-likeness (QED) is 0.599. The van der Waals surface area contributed by atoms with Gasteiger partial charge in [-0.3, -0.25) is 0 Å². The van der Waals surface area contributed by atoms with E-state index in [0.717, 1.165) is 6.42 Å². The maximum absolute atomic E-state index is 11.2. The molecule has 5 N–H and O–H groups in total. The maximum atomic E-state index is 11.2. The maximum Gasteiger partial charge on any atom is 0.326 e. The van der Waals surface area contributed by atoms with Crippen LogP contribution in [0.3, 0.4) is 0 Å². The normalized spacial score (nSPS) is 18.6. The molecule has 1 saturated heterocycles. The summed E-state index contributed by atoms with van der Waals surface area (Å²) in [4.78, 5) is 17.3. The Balaban J connectivity index is 2.22. The number of pyridine rings is 1. The predicted octanol–water partition coefficient (Wildman–Crippen LogP) is 0.121. The van der Waals surface area contributed by atoms with E-state index in [2.05, 4.69) is 10.3 Å². The third-order valence-corrected chi connectivity index (χ3v) is 3.15. The highest BCUT2D eigenvalue weighted by Crippen LogP contribution is 2.27. The van der Waals surface area contributed by atoms with Gasteiger partial charge in [0.2, 0.25) is 0 Å². The van der Waals surface area contributed by atoms with Crippen LogP contribution in [0.4, 0.5) is 17.3 Å². The summed E-state index contributed by atoms with van der Waals surface area (Å²) in [6.45, 7) is 1.00. The van der Waals surface area contributed by atoms with Gasteiger partial charge in [0, 0.05) is 13.1 Å². The average Bonchev–Trinajstić information content (AvgIpc) is 2.87. The van der Waals surface area contributed by atoms with Crippen LogP contribution in [0.1, 0.15) is 12.8 Å². The standard InChI is InChI=1S/C12H18N4O3/c13-8-3-4-10(15-11(8)14-5-7-17)16-6-1-2-9(16)12(18)19/h3-4,9,17H,1-2,5-7,13H2,(H,14,15)(H,18,19). The first kappa shape index (κ1) is 13.4. The summed E-state index contributed by atoms with van der Waals surface area (Å²) in [6.07, 6.45) is 1.46. The van der Waals surface area contributed by atoms with Crippen LogP contribution in [-0.2, 0) is 4.79 Å². The molecule has 0 aromatic carbocycles. The molecule has 0 aliphatic carbocycles. The third kappa shape index (κ3) is 2.87. The molecular formula is C12H18N4O3. The van der Waals surface area contributed by atoms with E-state index in [1.54, 1.807) is 17.0 Å². The van der Waals surface area contributed by atoms with Crippen molar-refractivity contribution in [3.05, 3.63) is 12.1 Å². The Labute approximate surface area is 111 Å². The molecule has 0 spiro atoms. The van der Waals surface area contributed by atoms with Gasteiger partial charge in [-0.15, -0.1) is 0 Å². The molecule has 1 aliphatic rings. The van der Waals surface area contributed by atoms with Crippen molar-refractivity contribution in [2.24, 2.45) is 0 Å². The molecule has 19 heavy (non-hydrogen) atoms. The number of rotatable bonds is 5. The monoisotopic (exact) mass is 266 g/mol. The zero-order valence-corrected chi connectivity index (χ0v) is 10.5. The van der Waals surface area contributed by atoms with Gasteiger partial charge in [-0.2, -0.15) is 0 Å². The molecule has 1 unspecified atom stereocenters. The first-order valence-electron chi connectivity index (χ1n) is 6.24. The van der Waals surface area contributed by atoms with E-state index in [-0.39, 0.29) is 6.61 Å². The van der Waals surface area contributed by atoms with Crippen molar-refractivity contribution in [3.63, 3.8) is 0 Å². The van der Waals surface area contributed by atoms with Crippen LogP contribution >= 0.6 is 0 Å². The van der Waals surface area contributed by atoms with E-state index in [9.17, 15) is 4.79 Å². The molecule has 0 radical (unpaired) electrons. The molecule has 1 aromatic heterocycles. The molecule has 1 fully saturated rings. The van der Waals surface area contributed by atoms with Gasteiger partial charge < -0.3 is 26.2 Å². The topological polar surface area (TPSA) is 112 Å². The molecule has 2 heterocycles. The molecule has 0 bridgehead atoms. The van der Waals surface area contributed by atoms with Crippen LogP contribution < -0.4 is 16.0 Å². The number of nitrogens with two attached hydrogens (primary N) is 1. The minimum Gasteiger partial charge on any atom is -0.480 e. The fourth-order valence-electron chi connectivity index (χ4n) is 2.23. The van der Waals surface area contributed by atoms with Crippen molar-refractivity contribution in [2.75, 3.05) is 35.6 Å². The van der Waals surface area contributed by atoms with E-state index >= 15 is 0 Å². The molecule has 1 aromatic rings. The van der Waals surface area contributed by atoms with Gasteiger partial charge in [0.15, 0.2) is 5.82 Å². The number of aromatic nitrogens is 1. The number of hydrogen-bond acceptors (Lipinski definition) is 6. The number of carbonyl (C=O) groups is 1. The Morgan fingerprint density at radius 1 is 1.58 bits per heavy atom. The minimum absolute atomic E-state index is 0.0210. The van der Waals surface area contributed by atoms with Gasteiger partial charge in [0.25, 0.3) is 0 Å². The Bertz CT molecular complexity index is 466. The second-order valence-corrected chi connectivity index (χ2v) is 4.45. The molecule has 0 amide bonds. The molecular weight excluding hydrogens is 248 g/mol. The van der Waals surface area contributed by atoms with Gasteiger partial charge in [-0.05, 0) is 25.0 Å². The van der Waals surface area contributed by atoms with Gasteiger partial charge in [0.1, 0.15) is 11.9 Å². The molecule has 0 saturated carbocycles. The fraction of sp³-hybridized carbons (Fsp3) is 0.500. The number of nitrogen functional groups attached to an aromatic ring is 1. The first-order chi connectivity index (χ1) is 9.13. The van der Waals surface area contributed by atoms with E-state index in [0.29, 0.717) is 36.8 Å². The third-order valence-electron chi connectivity index (χ3n) is 3.15. The number of aliphatic hydroxyl groups is 1. The Morgan fingerprint density at radius 2 is 2.37 bits per heavy atom. The second kappa shape index (κ2) is 5.75. The largest absolute Gasteiger partial charge is 0.480 e. The highest BCUT2D eigenvalue weighted by molar-refractivity contribution is 5.79. The molecule has 1 atom stereocenters. The van der Waals surface area contributed by atoms with Crippen molar-refractivity contribution in [3.8, 4) is 0 Å². The average molecular weight is 266 g/mol. The summed E-state index contributed by atoms with van der Waals surface area (Å²) in [5, 5.41) is 20.9. The van der Waals surface area contributed by atoms with Crippen molar-refractivity contribution >= 4 is 23.3 Å². The van der Waals surface area contributed by atoms with Crippen molar-refractivity contribution in [1.82, 2.24) is 4.98 Å². The highest BCUT2D eigenvalue weighted by Gasteiger charge is 2.31. The van der Waals surface area contributed by atoms with Crippen LogP contribution in [0.5, 0.6) is 0 Å². The predicted molar refractivity (Wildman–Crippen MR) is 72.2 cm³/mol. The number of nitrogens with one attached hydrogen (secondary N) is 1. The number of nitrogens with zero attached hydrogens (tertiary/aromatic N) is 2. The summed E-state index contributed by atoms with van der Waals surface area (Å²) < 4.78 is 0. The zero-order valence-electron chi connectivity index (χ0n) is 10.5. The number of carboxylic acid groups (broad SMARTS) is 1. The van der Waals surface area contributed by atoms with Crippen LogP contribution in [0.2, 0.25) is 0 Å². The summed E-state index contributed by atoms with van der Waals surface area (Å²) >= 11 is 0. The number of aliphatic hydroxyl groups excluding tert-OH is 1. The fourth-order valence-corrected chi connectivity index (χ4v) is 2.23. The zero-order chi connectivity index (χ0) is 13.8. The summed E-state index contributed by atoms with van der Waals surface area (Å²) in [5.41, 5.74) is 6.26. The summed E-state index contributed by atoms with van der Waals surface area (Å²) in [7, 11) is 0. The van der Waals surface area contributed by atoms with E-state index in [1.165, 1.54) is 0 Å². The van der Waals surface area contributed by atoms with Crippen LogP contribution in [0.25, 0.3) is 0 Å². The van der Waals surface area contributed by atoms with Crippen molar-refractivity contribution in [1.29, 1.82) is 0 Å². The van der Waals surface area contributed by atoms with Crippen LogP contribution in [-0.4, -0.2) is 46.9 Å². The Kier molecular flexibility index (Phi) is 4.06. The minimum atomic E-state index is -0.832. The van der Waals surface area contributed by atoms with E-state index < -0.39 is 12.0 Å². The van der Waals surface area contributed by atoms with Gasteiger partial charge >= 0.3 is 5.97 Å². The van der Waals surface area contributed by atoms with Gasteiger partial charge in [-0.1, -0.05) is 0 Å². The lowest BCUT2D eigenvalue weighted by Gasteiger charge is -2.23. The van der Waals surface area contributed by atoms with E-state index in [1.807, 2.05) is 0 Å². The van der Waals surface area contributed by atoms with Gasteiger partial charge in [0.05, 0.1) is 12.3 Å². The SMILES string of the molecule is Nc1ccc(N2CCCC2C(=O)O)nc1NCCO. The molecule has 1 aliphatic heterocycles. The van der Waals surface area contributed by atoms with Crippen LogP contribution in [0.15, 0.2) is 12.1 Å². The Morgan fingerprint density at radius 3 is 3.05 bits per heavy atom. The number of hydrogen-bond donors (Lipinski definition) is 4. The summed E-state index contributed by atoms with van der Waals surface area (Å²) in [6, 6.07) is 2.89. The molecule has 7 heteroatoms. The lowest BCUT2D eigenvalue weighted by Crippen LogP contribution is -2.36. The Hall–Kier alpha value is -2.02. The lowest BCUT2D eigenvalue weighted by molar-refractivity contribution is -0.138. The molecule has 104 valence electrons. The highest BCUT2D eigenvalue weighted by atomic mass is 16.4.